The number of benzene rings is 1. The van der Waals surface area contributed by atoms with Gasteiger partial charge in [0, 0.05) is 6.07 Å². The predicted octanol–water partition coefficient (Wildman–Crippen LogP) is 2.07. The van der Waals surface area contributed by atoms with E-state index < -0.39 is 15.5 Å². The lowest BCUT2D eigenvalue weighted by Gasteiger charge is -1.95. The lowest BCUT2D eigenvalue weighted by Crippen LogP contribution is -1.94. The van der Waals surface area contributed by atoms with Crippen LogP contribution >= 0.6 is 15.9 Å². The third-order valence-corrected chi connectivity index (χ3v) is 2.06. The van der Waals surface area contributed by atoms with Gasteiger partial charge >= 0.3 is 0 Å². The highest BCUT2D eigenvalue weighted by molar-refractivity contribution is 9.10. The van der Waals surface area contributed by atoms with E-state index in [0.29, 0.717) is 0 Å². The van der Waals surface area contributed by atoms with Gasteiger partial charge in [0.05, 0.1) is 15.9 Å². The second-order valence-corrected chi connectivity index (χ2v) is 2.83. The Morgan fingerprint density at radius 1 is 1.31 bits per heavy atom. The molecule has 0 saturated carbocycles. The lowest BCUT2D eigenvalue weighted by molar-refractivity contribution is -0.395. The zero-order chi connectivity index (χ0) is 10.0. The van der Waals surface area contributed by atoms with Crippen molar-refractivity contribution in [2.24, 2.45) is 0 Å². The third kappa shape index (κ3) is 1.81. The Balaban J connectivity index is 3.35. The number of nitro benzene ring substituents is 2. The standard InChI is InChI=1S/C6H2BrN2O4/c7-6-4(8(10)11)2-1-3-5(6)9(12)13/h1-2H. The van der Waals surface area contributed by atoms with Crippen LogP contribution in [0, 0.1) is 26.3 Å². The van der Waals surface area contributed by atoms with Crippen LogP contribution in [-0.2, 0) is 0 Å². The first-order valence-corrected chi connectivity index (χ1v) is 3.82. The summed E-state index contributed by atoms with van der Waals surface area (Å²) in [5, 5.41) is 20.7. The molecule has 0 atom stereocenters. The molecule has 0 unspecified atom stereocenters. The van der Waals surface area contributed by atoms with Crippen LogP contribution in [0.4, 0.5) is 11.4 Å². The molecule has 6 nitrogen and oxygen atoms in total. The topological polar surface area (TPSA) is 86.3 Å². The van der Waals surface area contributed by atoms with Crippen molar-refractivity contribution < 1.29 is 9.85 Å². The predicted molar refractivity (Wildman–Crippen MR) is 46.3 cm³/mol. The number of nitro groups is 2. The first-order valence-electron chi connectivity index (χ1n) is 3.03. The van der Waals surface area contributed by atoms with E-state index in [9.17, 15) is 20.2 Å². The number of halogens is 1. The summed E-state index contributed by atoms with van der Waals surface area (Å²) in [4.78, 5) is 19.2. The fourth-order valence-electron chi connectivity index (χ4n) is 0.731. The van der Waals surface area contributed by atoms with Gasteiger partial charge in [-0.3, -0.25) is 20.2 Å². The van der Waals surface area contributed by atoms with Crippen LogP contribution in [0.1, 0.15) is 0 Å². The quantitative estimate of drug-likeness (QED) is 0.590. The number of hydrogen-bond acceptors (Lipinski definition) is 4. The van der Waals surface area contributed by atoms with E-state index in [0.717, 1.165) is 12.1 Å². The van der Waals surface area contributed by atoms with Crippen molar-refractivity contribution in [2.75, 3.05) is 0 Å². The van der Waals surface area contributed by atoms with Crippen molar-refractivity contribution in [3.8, 4) is 0 Å². The Morgan fingerprint density at radius 2 is 1.92 bits per heavy atom. The largest absolute Gasteiger partial charge is 0.298 e. The Bertz CT molecular complexity index is 347. The smallest absolute Gasteiger partial charge is 0.258 e. The molecule has 0 aliphatic rings. The zero-order valence-electron chi connectivity index (χ0n) is 6.06. The normalized spacial score (nSPS) is 9.62. The summed E-state index contributed by atoms with van der Waals surface area (Å²) in [7, 11) is 0. The molecule has 1 radical (unpaired) electrons. The molecule has 0 aliphatic carbocycles. The average molecular weight is 246 g/mol. The summed E-state index contributed by atoms with van der Waals surface area (Å²) in [5.74, 6) is 0. The van der Waals surface area contributed by atoms with Gasteiger partial charge in [0.2, 0.25) is 0 Å². The lowest BCUT2D eigenvalue weighted by atomic mass is 10.3. The van der Waals surface area contributed by atoms with Gasteiger partial charge in [-0.25, -0.2) is 0 Å². The van der Waals surface area contributed by atoms with Crippen LogP contribution in [0.5, 0.6) is 0 Å². The van der Waals surface area contributed by atoms with Gasteiger partial charge in [-0.05, 0) is 22.0 Å². The van der Waals surface area contributed by atoms with Crippen LogP contribution in [-0.4, -0.2) is 9.85 Å². The van der Waals surface area contributed by atoms with E-state index in [2.05, 4.69) is 22.0 Å². The molecular formula is C6H2BrN2O4. The molecule has 0 spiro atoms. The fraction of sp³-hybridized carbons (Fsp3) is 0. The van der Waals surface area contributed by atoms with Crippen molar-refractivity contribution in [3.63, 3.8) is 0 Å². The maximum atomic E-state index is 10.3. The van der Waals surface area contributed by atoms with Gasteiger partial charge < -0.3 is 0 Å². The van der Waals surface area contributed by atoms with E-state index in [1.165, 1.54) is 0 Å². The second kappa shape index (κ2) is 3.48. The van der Waals surface area contributed by atoms with Crippen molar-refractivity contribution in [3.05, 3.63) is 42.9 Å². The second-order valence-electron chi connectivity index (χ2n) is 2.04. The monoisotopic (exact) mass is 245 g/mol. The highest BCUT2D eigenvalue weighted by Gasteiger charge is 2.22. The van der Waals surface area contributed by atoms with E-state index in [1.807, 2.05) is 0 Å². The molecule has 1 aromatic rings. The van der Waals surface area contributed by atoms with Crippen LogP contribution in [0.2, 0.25) is 0 Å². The molecule has 13 heavy (non-hydrogen) atoms. The Hall–Kier alpha value is -1.50. The molecule has 0 amide bonds. The third-order valence-electron chi connectivity index (χ3n) is 1.27. The molecular weight excluding hydrogens is 244 g/mol. The maximum absolute atomic E-state index is 10.3. The van der Waals surface area contributed by atoms with Crippen molar-refractivity contribution >= 4 is 27.3 Å². The zero-order valence-corrected chi connectivity index (χ0v) is 7.65. The number of nitrogens with zero attached hydrogens (tertiary/aromatic N) is 2. The van der Waals surface area contributed by atoms with Crippen LogP contribution in [0.15, 0.2) is 16.6 Å². The van der Waals surface area contributed by atoms with Gasteiger partial charge in [-0.15, -0.1) is 0 Å². The van der Waals surface area contributed by atoms with E-state index in [4.69, 9.17) is 0 Å². The maximum Gasteiger partial charge on any atom is 0.298 e. The minimum atomic E-state index is -0.739. The van der Waals surface area contributed by atoms with E-state index >= 15 is 0 Å². The SMILES string of the molecule is O=[N+]([O-])c1[c]ccc([N+](=O)[O-])c1Br. The van der Waals surface area contributed by atoms with Crippen LogP contribution in [0.25, 0.3) is 0 Å². The van der Waals surface area contributed by atoms with Gasteiger partial charge in [0.25, 0.3) is 11.4 Å². The summed E-state index contributed by atoms with van der Waals surface area (Å²) < 4.78 is -0.162. The average Bonchev–Trinajstić information content (AvgIpc) is 2.03. The van der Waals surface area contributed by atoms with E-state index in [-0.39, 0.29) is 10.2 Å². The van der Waals surface area contributed by atoms with Crippen LogP contribution < -0.4 is 0 Å². The van der Waals surface area contributed by atoms with Crippen molar-refractivity contribution in [1.82, 2.24) is 0 Å². The Kier molecular flexibility index (Phi) is 2.57. The van der Waals surface area contributed by atoms with Crippen molar-refractivity contribution in [2.45, 2.75) is 0 Å². The molecule has 0 bridgehead atoms. The minimum Gasteiger partial charge on any atom is -0.258 e. The van der Waals surface area contributed by atoms with Gasteiger partial charge in [0.1, 0.15) is 0 Å². The highest BCUT2D eigenvalue weighted by atomic mass is 79.9. The summed E-state index contributed by atoms with van der Waals surface area (Å²) in [6, 6.07) is 4.56. The molecule has 0 saturated heterocycles. The molecule has 0 fully saturated rings. The van der Waals surface area contributed by atoms with Gasteiger partial charge in [-0.2, -0.15) is 0 Å². The highest BCUT2D eigenvalue weighted by Crippen LogP contribution is 2.32. The molecule has 67 valence electrons. The minimum absolute atomic E-state index is 0.162. The van der Waals surface area contributed by atoms with Crippen LogP contribution in [0.3, 0.4) is 0 Å². The van der Waals surface area contributed by atoms with Gasteiger partial charge in [0.15, 0.2) is 4.47 Å². The Labute approximate surface area is 80.6 Å². The van der Waals surface area contributed by atoms with Crippen molar-refractivity contribution in [1.29, 1.82) is 0 Å². The molecule has 0 aliphatic heterocycles. The first-order chi connectivity index (χ1) is 6.04. The molecule has 7 heteroatoms. The Morgan fingerprint density at radius 3 is 2.38 bits per heavy atom. The van der Waals surface area contributed by atoms with Gasteiger partial charge in [-0.1, -0.05) is 0 Å². The van der Waals surface area contributed by atoms with E-state index in [1.54, 1.807) is 0 Å². The summed E-state index contributed by atoms with van der Waals surface area (Å²) >= 11 is 2.77. The summed E-state index contributed by atoms with van der Waals surface area (Å²) in [5.41, 5.74) is -0.778. The number of rotatable bonds is 2. The molecule has 0 heterocycles. The number of hydrogen-bond donors (Lipinski definition) is 0. The molecule has 1 rings (SSSR count). The first kappa shape index (κ1) is 9.59. The molecule has 0 N–H and O–H groups in total. The molecule has 1 aromatic carbocycles. The summed E-state index contributed by atoms with van der Waals surface area (Å²) in [6.07, 6.45) is 0. The molecule has 0 aromatic heterocycles. The summed E-state index contributed by atoms with van der Waals surface area (Å²) in [6.45, 7) is 0. The fourth-order valence-corrected chi connectivity index (χ4v) is 1.27.